The third kappa shape index (κ3) is 5.21. The van der Waals surface area contributed by atoms with Gasteiger partial charge in [-0.15, -0.1) is 0 Å². The van der Waals surface area contributed by atoms with Crippen LogP contribution >= 0.6 is 0 Å². The second kappa shape index (κ2) is 7.51. The molecule has 1 unspecified atom stereocenters. The minimum atomic E-state index is -0.170. The smallest absolute Gasteiger partial charge is 0.119 e. The van der Waals surface area contributed by atoms with Crippen LogP contribution in [0, 0.1) is 5.92 Å². The Balaban J connectivity index is 1.66. The number of aliphatic hydroxyl groups excluding tert-OH is 1. The third-order valence-corrected chi connectivity index (χ3v) is 3.54. The van der Waals surface area contributed by atoms with Crippen LogP contribution in [0.3, 0.4) is 0 Å². The van der Waals surface area contributed by atoms with Crippen LogP contribution in [0.15, 0.2) is 24.3 Å². The molecule has 1 aliphatic carbocycles. The lowest BCUT2D eigenvalue weighted by Gasteiger charge is -2.11. The minimum Gasteiger partial charge on any atom is -0.494 e. The van der Waals surface area contributed by atoms with Gasteiger partial charge in [-0.3, -0.25) is 0 Å². The predicted octanol–water partition coefficient (Wildman–Crippen LogP) is 2.73. The van der Waals surface area contributed by atoms with Crippen LogP contribution in [-0.4, -0.2) is 24.4 Å². The number of unbranched alkanes of at least 4 members (excludes halogenated alkanes) is 1. The first-order valence-electron chi connectivity index (χ1n) is 7.40. The van der Waals surface area contributed by atoms with Gasteiger partial charge in [-0.25, -0.2) is 0 Å². The van der Waals surface area contributed by atoms with Gasteiger partial charge in [-0.1, -0.05) is 25.5 Å². The fourth-order valence-electron chi connectivity index (χ4n) is 2.05. The summed E-state index contributed by atoms with van der Waals surface area (Å²) >= 11 is 0. The maximum atomic E-state index is 9.75. The number of hydrogen-bond donors (Lipinski definition) is 2. The van der Waals surface area contributed by atoms with Crippen LogP contribution in [0.2, 0.25) is 0 Å². The molecule has 0 radical (unpaired) electrons. The fourth-order valence-corrected chi connectivity index (χ4v) is 2.05. The van der Waals surface area contributed by atoms with E-state index in [1.165, 1.54) is 18.4 Å². The second-order valence-electron chi connectivity index (χ2n) is 5.38. The quantitative estimate of drug-likeness (QED) is 0.673. The standard InChI is InChI=1S/C16H25NO2/c1-2-3-10-19-15-8-4-13(5-9-15)11-17-12-16(18)14-6-7-14/h4-5,8-9,14,16-18H,2-3,6-7,10-12H2,1H3. The molecule has 3 nitrogen and oxygen atoms in total. The van der Waals surface area contributed by atoms with E-state index in [4.69, 9.17) is 4.74 Å². The van der Waals surface area contributed by atoms with Crippen molar-refractivity contribution < 1.29 is 9.84 Å². The lowest BCUT2D eigenvalue weighted by molar-refractivity contribution is 0.148. The van der Waals surface area contributed by atoms with Crippen molar-refractivity contribution >= 4 is 0 Å². The average Bonchev–Trinajstić information content (AvgIpc) is 3.25. The van der Waals surface area contributed by atoms with Gasteiger partial charge in [0.1, 0.15) is 5.75 Å². The highest BCUT2D eigenvalue weighted by molar-refractivity contribution is 5.27. The van der Waals surface area contributed by atoms with Crippen molar-refractivity contribution in [3.8, 4) is 5.75 Å². The average molecular weight is 263 g/mol. The Morgan fingerprint density at radius 3 is 2.68 bits per heavy atom. The molecule has 2 rings (SSSR count). The van der Waals surface area contributed by atoms with Gasteiger partial charge in [0.15, 0.2) is 0 Å². The molecule has 1 saturated carbocycles. The molecule has 0 amide bonds. The monoisotopic (exact) mass is 263 g/mol. The number of benzene rings is 1. The van der Waals surface area contributed by atoms with E-state index in [2.05, 4.69) is 24.4 Å². The van der Waals surface area contributed by atoms with E-state index in [0.29, 0.717) is 12.5 Å². The molecular weight excluding hydrogens is 238 g/mol. The Morgan fingerprint density at radius 1 is 1.32 bits per heavy atom. The molecule has 0 spiro atoms. The van der Waals surface area contributed by atoms with Crippen LogP contribution in [0.1, 0.15) is 38.2 Å². The molecule has 1 aromatic carbocycles. The van der Waals surface area contributed by atoms with Gasteiger partial charge >= 0.3 is 0 Å². The number of hydrogen-bond acceptors (Lipinski definition) is 3. The number of ether oxygens (including phenoxy) is 1. The van der Waals surface area contributed by atoms with E-state index in [1.54, 1.807) is 0 Å². The molecule has 3 heteroatoms. The summed E-state index contributed by atoms with van der Waals surface area (Å²) in [5, 5.41) is 13.1. The zero-order chi connectivity index (χ0) is 13.5. The Kier molecular flexibility index (Phi) is 5.67. The SMILES string of the molecule is CCCCOc1ccc(CNCC(O)C2CC2)cc1. The van der Waals surface area contributed by atoms with Gasteiger partial charge in [0, 0.05) is 13.1 Å². The molecule has 0 heterocycles. The number of nitrogens with one attached hydrogen (secondary N) is 1. The highest BCUT2D eigenvalue weighted by Crippen LogP contribution is 2.32. The highest BCUT2D eigenvalue weighted by atomic mass is 16.5. The van der Waals surface area contributed by atoms with Crippen molar-refractivity contribution in [1.82, 2.24) is 5.32 Å². The first-order chi connectivity index (χ1) is 9.29. The zero-order valence-electron chi connectivity index (χ0n) is 11.8. The van der Waals surface area contributed by atoms with Crippen molar-refractivity contribution in [1.29, 1.82) is 0 Å². The predicted molar refractivity (Wildman–Crippen MR) is 77.3 cm³/mol. The van der Waals surface area contributed by atoms with Gasteiger partial charge in [0.25, 0.3) is 0 Å². The van der Waals surface area contributed by atoms with Gasteiger partial charge in [0.2, 0.25) is 0 Å². The molecule has 0 aliphatic heterocycles. The first-order valence-corrected chi connectivity index (χ1v) is 7.40. The Hall–Kier alpha value is -1.06. The number of aliphatic hydroxyl groups is 1. The summed E-state index contributed by atoms with van der Waals surface area (Å²) in [6.07, 6.45) is 4.46. The molecule has 1 aliphatic rings. The topological polar surface area (TPSA) is 41.5 Å². The lowest BCUT2D eigenvalue weighted by atomic mass is 10.2. The van der Waals surface area contributed by atoms with Gasteiger partial charge in [-0.05, 0) is 42.9 Å². The van der Waals surface area contributed by atoms with E-state index < -0.39 is 0 Å². The van der Waals surface area contributed by atoms with Crippen LogP contribution in [0.25, 0.3) is 0 Å². The van der Waals surface area contributed by atoms with E-state index in [0.717, 1.165) is 31.7 Å². The van der Waals surface area contributed by atoms with Crippen molar-refractivity contribution in [2.24, 2.45) is 5.92 Å². The molecule has 1 atom stereocenters. The van der Waals surface area contributed by atoms with Crippen LogP contribution in [-0.2, 0) is 6.54 Å². The van der Waals surface area contributed by atoms with Crippen molar-refractivity contribution in [3.05, 3.63) is 29.8 Å². The maximum absolute atomic E-state index is 9.75. The minimum absolute atomic E-state index is 0.170. The molecule has 0 saturated heterocycles. The molecule has 1 aromatic rings. The summed E-state index contributed by atoms with van der Waals surface area (Å²) < 4.78 is 5.62. The van der Waals surface area contributed by atoms with E-state index >= 15 is 0 Å². The lowest BCUT2D eigenvalue weighted by Crippen LogP contribution is -2.27. The van der Waals surface area contributed by atoms with Crippen molar-refractivity contribution in [2.75, 3.05) is 13.2 Å². The van der Waals surface area contributed by atoms with Gasteiger partial charge in [0.05, 0.1) is 12.7 Å². The molecule has 19 heavy (non-hydrogen) atoms. The summed E-state index contributed by atoms with van der Waals surface area (Å²) in [6, 6.07) is 8.20. The first kappa shape index (κ1) is 14.4. The Bertz CT molecular complexity index is 360. The molecule has 106 valence electrons. The molecule has 2 N–H and O–H groups in total. The summed E-state index contributed by atoms with van der Waals surface area (Å²) in [7, 11) is 0. The van der Waals surface area contributed by atoms with Crippen molar-refractivity contribution in [2.45, 2.75) is 45.3 Å². The Labute approximate surface area is 116 Å². The van der Waals surface area contributed by atoms with E-state index in [-0.39, 0.29) is 6.10 Å². The normalized spacial score (nSPS) is 16.3. The van der Waals surface area contributed by atoms with Gasteiger partial charge < -0.3 is 15.2 Å². The molecule has 0 bridgehead atoms. The zero-order valence-corrected chi connectivity index (χ0v) is 11.8. The Morgan fingerprint density at radius 2 is 2.05 bits per heavy atom. The second-order valence-corrected chi connectivity index (χ2v) is 5.38. The van der Waals surface area contributed by atoms with E-state index in [9.17, 15) is 5.11 Å². The third-order valence-electron chi connectivity index (χ3n) is 3.54. The summed E-state index contributed by atoms with van der Waals surface area (Å²) in [6.45, 7) is 4.45. The summed E-state index contributed by atoms with van der Waals surface area (Å²) in [4.78, 5) is 0. The number of rotatable bonds is 9. The largest absolute Gasteiger partial charge is 0.494 e. The molecule has 0 aromatic heterocycles. The van der Waals surface area contributed by atoms with Gasteiger partial charge in [-0.2, -0.15) is 0 Å². The summed E-state index contributed by atoms with van der Waals surface area (Å²) in [5.74, 6) is 1.48. The van der Waals surface area contributed by atoms with Crippen LogP contribution < -0.4 is 10.1 Å². The highest BCUT2D eigenvalue weighted by Gasteiger charge is 2.28. The fraction of sp³-hybridized carbons (Fsp3) is 0.625. The van der Waals surface area contributed by atoms with Crippen LogP contribution in [0.4, 0.5) is 0 Å². The van der Waals surface area contributed by atoms with E-state index in [1.807, 2.05) is 12.1 Å². The summed E-state index contributed by atoms with van der Waals surface area (Å²) in [5.41, 5.74) is 1.23. The molecular formula is C16H25NO2. The van der Waals surface area contributed by atoms with Crippen LogP contribution in [0.5, 0.6) is 5.75 Å². The van der Waals surface area contributed by atoms with Crippen molar-refractivity contribution in [3.63, 3.8) is 0 Å². The molecule has 1 fully saturated rings. The maximum Gasteiger partial charge on any atom is 0.119 e.